The van der Waals surface area contributed by atoms with Crippen molar-refractivity contribution in [3.05, 3.63) is 0 Å². The van der Waals surface area contributed by atoms with Gasteiger partial charge < -0.3 is 4.90 Å². The summed E-state index contributed by atoms with van der Waals surface area (Å²) in [6, 6.07) is 4.26. The minimum atomic E-state index is -0.252. The molecule has 0 saturated heterocycles. The van der Waals surface area contributed by atoms with Crippen LogP contribution in [0.15, 0.2) is 0 Å². The highest BCUT2D eigenvalue weighted by Gasteiger charge is 2.45. The zero-order valence-corrected chi connectivity index (χ0v) is 13.2. The third kappa shape index (κ3) is 3.30. The summed E-state index contributed by atoms with van der Waals surface area (Å²) >= 11 is 0. The van der Waals surface area contributed by atoms with E-state index in [1.807, 2.05) is 0 Å². The third-order valence-corrected chi connectivity index (χ3v) is 5.20. The Labute approximate surface area is 118 Å². The van der Waals surface area contributed by atoms with Crippen LogP contribution in [0.25, 0.3) is 0 Å². The zero-order valence-electron chi connectivity index (χ0n) is 13.2. The van der Waals surface area contributed by atoms with Crippen LogP contribution >= 0.6 is 0 Å². The summed E-state index contributed by atoms with van der Waals surface area (Å²) in [5, 5.41) is 13.2. The molecule has 2 aliphatic carbocycles. The first-order valence-electron chi connectivity index (χ1n) is 7.68. The van der Waals surface area contributed by atoms with E-state index in [-0.39, 0.29) is 11.0 Å². The van der Waals surface area contributed by atoms with Gasteiger partial charge in [-0.3, -0.25) is 5.32 Å². The molecule has 2 saturated carbocycles. The van der Waals surface area contributed by atoms with E-state index in [1.165, 1.54) is 12.8 Å². The van der Waals surface area contributed by atoms with Crippen molar-refractivity contribution >= 4 is 0 Å². The van der Waals surface area contributed by atoms with Gasteiger partial charge in [0.2, 0.25) is 0 Å². The SMILES string of the molecule is CC(N(C)C1CCC(C#N)(NC2CC2)C1)C(C)(C)C. The summed E-state index contributed by atoms with van der Waals surface area (Å²) in [6.07, 6.45) is 5.64. The Morgan fingerprint density at radius 3 is 2.42 bits per heavy atom. The van der Waals surface area contributed by atoms with Gasteiger partial charge in [0.05, 0.1) is 6.07 Å². The summed E-state index contributed by atoms with van der Waals surface area (Å²) in [7, 11) is 2.23. The molecule has 0 amide bonds. The normalized spacial score (nSPS) is 33.4. The van der Waals surface area contributed by atoms with Crippen molar-refractivity contribution < 1.29 is 0 Å². The van der Waals surface area contributed by atoms with Gasteiger partial charge in [0, 0.05) is 18.1 Å². The summed E-state index contributed by atoms with van der Waals surface area (Å²) in [5.74, 6) is 0. The molecule has 0 aromatic carbocycles. The lowest BCUT2D eigenvalue weighted by atomic mass is 9.86. The van der Waals surface area contributed by atoms with Crippen LogP contribution in [0.5, 0.6) is 0 Å². The van der Waals surface area contributed by atoms with Gasteiger partial charge >= 0.3 is 0 Å². The van der Waals surface area contributed by atoms with Gasteiger partial charge in [-0.05, 0) is 51.5 Å². The molecular formula is C16H29N3. The second kappa shape index (κ2) is 5.07. The van der Waals surface area contributed by atoms with Crippen molar-refractivity contribution in [2.24, 2.45) is 5.41 Å². The molecule has 0 heterocycles. The zero-order chi connectivity index (χ0) is 14.3. The summed E-state index contributed by atoms with van der Waals surface area (Å²) in [5.41, 5.74) is 0.0360. The van der Waals surface area contributed by atoms with Crippen molar-refractivity contribution in [3.63, 3.8) is 0 Å². The molecule has 2 rings (SSSR count). The smallest absolute Gasteiger partial charge is 0.108 e. The highest BCUT2D eigenvalue weighted by molar-refractivity contribution is 5.15. The fraction of sp³-hybridized carbons (Fsp3) is 0.938. The lowest BCUT2D eigenvalue weighted by Crippen LogP contribution is -2.48. The molecule has 0 bridgehead atoms. The van der Waals surface area contributed by atoms with Gasteiger partial charge in [0.25, 0.3) is 0 Å². The maximum absolute atomic E-state index is 9.56. The molecule has 3 nitrogen and oxygen atoms in total. The molecular weight excluding hydrogens is 234 g/mol. The van der Waals surface area contributed by atoms with E-state index in [1.54, 1.807) is 0 Å². The molecule has 2 fully saturated rings. The first-order valence-corrected chi connectivity index (χ1v) is 7.68. The van der Waals surface area contributed by atoms with Crippen molar-refractivity contribution in [1.29, 1.82) is 5.26 Å². The van der Waals surface area contributed by atoms with E-state index in [0.717, 1.165) is 19.3 Å². The van der Waals surface area contributed by atoms with Crippen LogP contribution in [-0.2, 0) is 0 Å². The Bertz CT molecular complexity index is 361. The Morgan fingerprint density at radius 1 is 1.32 bits per heavy atom. The maximum atomic E-state index is 9.56. The predicted octanol–water partition coefficient (Wildman–Crippen LogP) is 2.92. The Balaban J connectivity index is 1.98. The fourth-order valence-electron chi connectivity index (χ4n) is 3.18. The minimum absolute atomic E-state index is 0.252. The molecule has 0 aliphatic heterocycles. The molecule has 19 heavy (non-hydrogen) atoms. The topological polar surface area (TPSA) is 39.1 Å². The van der Waals surface area contributed by atoms with Crippen molar-refractivity contribution in [3.8, 4) is 6.07 Å². The molecule has 3 atom stereocenters. The second-order valence-electron chi connectivity index (χ2n) is 7.72. The number of hydrogen-bond donors (Lipinski definition) is 1. The number of nitriles is 1. The minimum Gasteiger partial charge on any atom is -0.300 e. The lowest BCUT2D eigenvalue weighted by molar-refractivity contribution is 0.0967. The first kappa shape index (κ1) is 14.8. The second-order valence-corrected chi connectivity index (χ2v) is 7.72. The van der Waals surface area contributed by atoms with Gasteiger partial charge in [-0.15, -0.1) is 0 Å². The standard InChI is InChI=1S/C16H29N3/c1-12(15(2,3)4)19(5)14-8-9-16(10-14,11-17)18-13-6-7-13/h12-14,18H,6-10H2,1-5H3. The average Bonchev–Trinajstić information content (AvgIpc) is 3.04. The summed E-state index contributed by atoms with van der Waals surface area (Å²) in [4.78, 5) is 2.49. The first-order chi connectivity index (χ1) is 8.77. The van der Waals surface area contributed by atoms with Crippen LogP contribution in [0.3, 0.4) is 0 Å². The van der Waals surface area contributed by atoms with Crippen molar-refractivity contribution in [2.75, 3.05) is 7.05 Å². The largest absolute Gasteiger partial charge is 0.300 e. The molecule has 0 aromatic heterocycles. The molecule has 0 spiro atoms. The van der Waals surface area contributed by atoms with Crippen LogP contribution < -0.4 is 5.32 Å². The van der Waals surface area contributed by atoms with Crippen molar-refractivity contribution in [1.82, 2.24) is 10.2 Å². The molecule has 1 N–H and O–H groups in total. The third-order valence-electron chi connectivity index (χ3n) is 5.20. The van der Waals surface area contributed by atoms with Crippen LogP contribution in [-0.4, -0.2) is 35.6 Å². The molecule has 0 radical (unpaired) electrons. The molecule has 3 unspecified atom stereocenters. The highest BCUT2D eigenvalue weighted by atomic mass is 15.2. The quantitative estimate of drug-likeness (QED) is 0.847. The van der Waals surface area contributed by atoms with Crippen LogP contribution in [0.2, 0.25) is 0 Å². The summed E-state index contributed by atoms with van der Waals surface area (Å²) in [6.45, 7) is 9.19. The van der Waals surface area contributed by atoms with E-state index < -0.39 is 0 Å². The number of nitrogens with zero attached hydrogens (tertiary/aromatic N) is 2. The highest BCUT2D eigenvalue weighted by Crippen LogP contribution is 2.37. The molecule has 0 aromatic rings. The van der Waals surface area contributed by atoms with E-state index in [2.05, 4.69) is 51.0 Å². The summed E-state index contributed by atoms with van der Waals surface area (Å²) < 4.78 is 0. The van der Waals surface area contributed by atoms with Gasteiger partial charge in [0.15, 0.2) is 0 Å². The maximum Gasteiger partial charge on any atom is 0.108 e. The number of rotatable bonds is 4. The van der Waals surface area contributed by atoms with Gasteiger partial charge in [0.1, 0.15) is 5.54 Å². The monoisotopic (exact) mass is 263 g/mol. The average molecular weight is 263 g/mol. The van der Waals surface area contributed by atoms with E-state index in [4.69, 9.17) is 0 Å². The van der Waals surface area contributed by atoms with Gasteiger partial charge in [-0.25, -0.2) is 0 Å². The van der Waals surface area contributed by atoms with Crippen LogP contribution in [0, 0.1) is 16.7 Å². The molecule has 3 heteroatoms. The van der Waals surface area contributed by atoms with Crippen LogP contribution in [0.4, 0.5) is 0 Å². The van der Waals surface area contributed by atoms with E-state index in [0.29, 0.717) is 18.1 Å². The predicted molar refractivity (Wildman–Crippen MR) is 78.8 cm³/mol. The van der Waals surface area contributed by atoms with E-state index in [9.17, 15) is 5.26 Å². The van der Waals surface area contributed by atoms with E-state index >= 15 is 0 Å². The molecule has 108 valence electrons. The van der Waals surface area contributed by atoms with Gasteiger partial charge in [-0.2, -0.15) is 5.26 Å². The molecule has 2 aliphatic rings. The van der Waals surface area contributed by atoms with Gasteiger partial charge in [-0.1, -0.05) is 20.8 Å². The Kier molecular flexibility index (Phi) is 3.95. The van der Waals surface area contributed by atoms with Crippen molar-refractivity contribution in [2.45, 2.75) is 83.5 Å². The number of hydrogen-bond acceptors (Lipinski definition) is 3. The van der Waals surface area contributed by atoms with Crippen LogP contribution in [0.1, 0.15) is 59.8 Å². The lowest BCUT2D eigenvalue weighted by Gasteiger charge is -2.39. The number of nitrogens with one attached hydrogen (secondary N) is 1. The Hall–Kier alpha value is -0.590. The fourth-order valence-corrected chi connectivity index (χ4v) is 3.18. The Morgan fingerprint density at radius 2 is 1.95 bits per heavy atom.